The maximum atomic E-state index is 11.9. The smallest absolute Gasteiger partial charge is 0.306 e. The molecular weight excluding hydrogens is 298 g/mol. The molecule has 5 nitrogen and oxygen atoms in total. The molecule has 20 heavy (non-hydrogen) atoms. The summed E-state index contributed by atoms with van der Waals surface area (Å²) in [6, 6.07) is 6.69. The van der Waals surface area contributed by atoms with Crippen molar-refractivity contribution in [1.82, 2.24) is 5.32 Å². The maximum absolute atomic E-state index is 11.9. The summed E-state index contributed by atoms with van der Waals surface area (Å²) in [5.74, 6) is 0.551. The third-order valence-electron chi connectivity index (χ3n) is 2.33. The van der Waals surface area contributed by atoms with E-state index in [1.54, 1.807) is 31.4 Å². The van der Waals surface area contributed by atoms with E-state index in [1.165, 1.54) is 18.9 Å². The standard InChI is InChI=1S/C13H15NO4S2/c1-17-10-5-3-9(4-6-10)12(16)14-13(19)20-8-7-11(15)18-2/h3-6H,7-8H2,1-2H3,(H,14,16,19). The summed E-state index contributed by atoms with van der Waals surface area (Å²) >= 11 is 6.25. The molecule has 108 valence electrons. The number of carbonyl (C=O) groups is 2. The number of methoxy groups -OCH3 is 2. The highest BCUT2D eigenvalue weighted by atomic mass is 32.2. The molecule has 1 aromatic carbocycles. The molecule has 0 spiro atoms. The summed E-state index contributed by atoms with van der Waals surface area (Å²) in [5.41, 5.74) is 0.488. The van der Waals surface area contributed by atoms with Gasteiger partial charge in [-0.2, -0.15) is 0 Å². The van der Waals surface area contributed by atoms with Gasteiger partial charge in [0.1, 0.15) is 10.1 Å². The van der Waals surface area contributed by atoms with Crippen molar-refractivity contribution in [3.05, 3.63) is 29.8 Å². The Labute approximate surface area is 127 Å². The fourth-order valence-electron chi connectivity index (χ4n) is 1.27. The number of nitrogens with one attached hydrogen (secondary N) is 1. The quantitative estimate of drug-likeness (QED) is 0.662. The van der Waals surface area contributed by atoms with Gasteiger partial charge in [0.2, 0.25) is 0 Å². The molecule has 0 heterocycles. The Morgan fingerprint density at radius 2 is 1.90 bits per heavy atom. The highest BCUT2D eigenvalue weighted by molar-refractivity contribution is 8.23. The second-order valence-corrected chi connectivity index (χ2v) is 5.42. The second kappa shape index (κ2) is 8.55. The largest absolute Gasteiger partial charge is 0.497 e. The number of hydrogen-bond donors (Lipinski definition) is 1. The molecule has 0 bridgehead atoms. The lowest BCUT2D eigenvalue weighted by Crippen LogP contribution is -2.27. The third kappa shape index (κ3) is 5.58. The van der Waals surface area contributed by atoms with Crippen LogP contribution in [0.4, 0.5) is 0 Å². The average molecular weight is 313 g/mol. The van der Waals surface area contributed by atoms with Gasteiger partial charge >= 0.3 is 5.97 Å². The van der Waals surface area contributed by atoms with Crippen LogP contribution >= 0.6 is 24.0 Å². The SMILES string of the molecule is COC(=O)CCSC(=S)NC(=O)c1ccc(OC)cc1. The van der Waals surface area contributed by atoms with E-state index in [2.05, 4.69) is 10.1 Å². The number of esters is 1. The topological polar surface area (TPSA) is 64.6 Å². The van der Waals surface area contributed by atoms with Crippen LogP contribution < -0.4 is 10.1 Å². The number of ether oxygens (including phenoxy) is 2. The lowest BCUT2D eigenvalue weighted by Gasteiger charge is -2.06. The molecule has 0 saturated carbocycles. The highest BCUT2D eigenvalue weighted by Crippen LogP contribution is 2.12. The summed E-state index contributed by atoms with van der Waals surface area (Å²) in [6.07, 6.45) is 0.250. The first-order valence-corrected chi connectivity index (χ1v) is 7.15. The van der Waals surface area contributed by atoms with E-state index in [0.29, 0.717) is 21.4 Å². The number of thiocarbonyl (C=S) groups is 1. The molecule has 0 aromatic heterocycles. The van der Waals surface area contributed by atoms with Gasteiger partial charge in [0, 0.05) is 11.3 Å². The van der Waals surface area contributed by atoms with Crippen LogP contribution in [-0.2, 0) is 9.53 Å². The van der Waals surface area contributed by atoms with Gasteiger partial charge in [-0.1, -0.05) is 24.0 Å². The molecule has 0 radical (unpaired) electrons. The van der Waals surface area contributed by atoms with Crippen molar-refractivity contribution in [3.63, 3.8) is 0 Å². The normalized spacial score (nSPS) is 9.70. The number of hydrogen-bond acceptors (Lipinski definition) is 6. The van der Waals surface area contributed by atoms with Crippen LogP contribution in [0.3, 0.4) is 0 Å². The molecule has 0 atom stereocenters. The Kier molecular flexibility index (Phi) is 7.03. The summed E-state index contributed by atoms with van der Waals surface area (Å²) in [6.45, 7) is 0. The zero-order chi connectivity index (χ0) is 15.0. The van der Waals surface area contributed by atoms with Gasteiger partial charge in [-0.3, -0.25) is 9.59 Å². The number of carbonyl (C=O) groups excluding carboxylic acids is 2. The van der Waals surface area contributed by atoms with Crippen molar-refractivity contribution in [1.29, 1.82) is 0 Å². The highest BCUT2D eigenvalue weighted by Gasteiger charge is 2.09. The van der Waals surface area contributed by atoms with Crippen LogP contribution in [0.1, 0.15) is 16.8 Å². The number of amides is 1. The Balaban J connectivity index is 2.40. The molecular formula is C13H15NO4S2. The lowest BCUT2D eigenvalue weighted by atomic mass is 10.2. The number of rotatable bonds is 5. The second-order valence-electron chi connectivity index (χ2n) is 3.64. The van der Waals surface area contributed by atoms with E-state index in [1.807, 2.05) is 0 Å². The van der Waals surface area contributed by atoms with Crippen LogP contribution in [0.15, 0.2) is 24.3 Å². The van der Waals surface area contributed by atoms with Crippen molar-refractivity contribution in [2.24, 2.45) is 0 Å². The fraction of sp³-hybridized carbons (Fsp3) is 0.308. The van der Waals surface area contributed by atoms with Crippen LogP contribution in [0.2, 0.25) is 0 Å². The van der Waals surface area contributed by atoms with Crippen LogP contribution in [-0.4, -0.2) is 36.2 Å². The summed E-state index contributed by atoms with van der Waals surface area (Å²) in [4.78, 5) is 22.8. The Morgan fingerprint density at radius 3 is 2.45 bits per heavy atom. The third-order valence-corrected chi connectivity index (χ3v) is 3.56. The van der Waals surface area contributed by atoms with Gasteiger partial charge in [-0.25, -0.2) is 0 Å². The van der Waals surface area contributed by atoms with E-state index in [0.717, 1.165) is 0 Å². The molecule has 1 aromatic rings. The molecule has 1 amide bonds. The molecule has 0 aliphatic heterocycles. The predicted octanol–water partition coefficient (Wildman–Crippen LogP) is 2.01. The Bertz CT molecular complexity index is 488. The summed E-state index contributed by atoms with van der Waals surface area (Å²) in [7, 11) is 2.89. The molecule has 0 saturated heterocycles. The average Bonchev–Trinajstić information content (AvgIpc) is 2.47. The van der Waals surface area contributed by atoms with Crippen molar-refractivity contribution >= 4 is 40.2 Å². The van der Waals surface area contributed by atoms with Gasteiger partial charge in [-0.05, 0) is 24.3 Å². The predicted molar refractivity (Wildman–Crippen MR) is 82.1 cm³/mol. The zero-order valence-corrected chi connectivity index (χ0v) is 12.8. The lowest BCUT2D eigenvalue weighted by molar-refractivity contribution is -0.140. The zero-order valence-electron chi connectivity index (χ0n) is 11.2. The molecule has 1 rings (SSSR count). The fourth-order valence-corrected chi connectivity index (χ4v) is 2.23. The molecule has 0 fully saturated rings. The Hall–Kier alpha value is -1.60. The van der Waals surface area contributed by atoms with Crippen molar-refractivity contribution in [2.75, 3.05) is 20.0 Å². The van der Waals surface area contributed by atoms with E-state index < -0.39 is 0 Å². The minimum absolute atomic E-state index is 0.250. The van der Waals surface area contributed by atoms with Gasteiger partial charge in [0.15, 0.2) is 0 Å². The molecule has 0 aliphatic carbocycles. The van der Waals surface area contributed by atoms with Gasteiger partial charge < -0.3 is 14.8 Å². The summed E-state index contributed by atoms with van der Waals surface area (Å²) in [5, 5.41) is 2.59. The minimum Gasteiger partial charge on any atom is -0.497 e. The number of benzene rings is 1. The first-order chi connectivity index (χ1) is 9.56. The molecule has 7 heteroatoms. The summed E-state index contributed by atoms with van der Waals surface area (Å²) < 4.78 is 9.85. The van der Waals surface area contributed by atoms with Gasteiger partial charge in [0.05, 0.1) is 20.6 Å². The van der Waals surface area contributed by atoms with Crippen molar-refractivity contribution < 1.29 is 19.1 Å². The van der Waals surface area contributed by atoms with E-state index in [9.17, 15) is 9.59 Å². The molecule has 0 aliphatic rings. The monoisotopic (exact) mass is 313 g/mol. The molecule has 1 N–H and O–H groups in total. The first-order valence-electron chi connectivity index (χ1n) is 5.75. The van der Waals surface area contributed by atoms with Gasteiger partial charge in [0.25, 0.3) is 5.91 Å². The number of thioether (sulfide) groups is 1. The van der Waals surface area contributed by atoms with Crippen LogP contribution in [0, 0.1) is 0 Å². The van der Waals surface area contributed by atoms with Gasteiger partial charge in [-0.15, -0.1) is 0 Å². The molecule has 0 unspecified atom stereocenters. The maximum Gasteiger partial charge on any atom is 0.306 e. The van der Waals surface area contributed by atoms with Crippen LogP contribution in [0.5, 0.6) is 5.75 Å². The van der Waals surface area contributed by atoms with Crippen molar-refractivity contribution in [3.8, 4) is 5.75 Å². The first kappa shape index (κ1) is 16.5. The Morgan fingerprint density at radius 1 is 1.25 bits per heavy atom. The van der Waals surface area contributed by atoms with Crippen LogP contribution in [0.25, 0.3) is 0 Å². The van der Waals surface area contributed by atoms with E-state index in [-0.39, 0.29) is 18.3 Å². The van der Waals surface area contributed by atoms with E-state index >= 15 is 0 Å². The minimum atomic E-state index is -0.304. The van der Waals surface area contributed by atoms with Crippen molar-refractivity contribution in [2.45, 2.75) is 6.42 Å². The van der Waals surface area contributed by atoms with E-state index in [4.69, 9.17) is 17.0 Å².